The van der Waals surface area contributed by atoms with Gasteiger partial charge in [0, 0.05) is 62.5 Å². The summed E-state index contributed by atoms with van der Waals surface area (Å²) in [6.45, 7) is 2.59. The van der Waals surface area contributed by atoms with Crippen LogP contribution in [0.15, 0.2) is 30.3 Å². The third-order valence-electron chi connectivity index (χ3n) is 9.25. The normalized spacial score (nSPS) is 16.0. The van der Waals surface area contributed by atoms with Crippen molar-refractivity contribution >= 4 is 52.5 Å². The van der Waals surface area contributed by atoms with E-state index in [4.69, 9.17) is 19.9 Å². The number of nitrogen functional groups attached to an aromatic ring is 1. The van der Waals surface area contributed by atoms with E-state index in [0.717, 1.165) is 12.8 Å². The van der Waals surface area contributed by atoms with E-state index < -0.39 is 29.7 Å². The fourth-order valence-electron chi connectivity index (χ4n) is 6.06. The second-order valence-electron chi connectivity index (χ2n) is 13.2. The third kappa shape index (κ3) is 8.91. The van der Waals surface area contributed by atoms with Gasteiger partial charge in [0.25, 0.3) is 11.8 Å². The molecular formula is C36H43N7O9. The lowest BCUT2D eigenvalue weighted by Gasteiger charge is -2.30. The van der Waals surface area contributed by atoms with Gasteiger partial charge < -0.3 is 35.1 Å². The molecule has 1 unspecified atom stereocenters. The van der Waals surface area contributed by atoms with Crippen molar-refractivity contribution in [2.75, 3.05) is 53.2 Å². The van der Waals surface area contributed by atoms with E-state index in [-0.39, 0.29) is 60.6 Å². The van der Waals surface area contributed by atoms with E-state index >= 15 is 0 Å². The number of aryl methyl sites for hydroxylation is 1. The Labute approximate surface area is 300 Å². The van der Waals surface area contributed by atoms with Crippen LogP contribution in [0.4, 0.5) is 5.82 Å². The van der Waals surface area contributed by atoms with E-state index in [0.29, 0.717) is 59.9 Å². The maximum atomic E-state index is 13.0. The van der Waals surface area contributed by atoms with Gasteiger partial charge in [0.15, 0.2) is 24.4 Å². The molecule has 0 spiro atoms. The quantitative estimate of drug-likeness (QED) is 0.110. The number of anilines is 1. The number of fused-ring (bicyclic) bond motifs is 1. The largest absolute Gasteiger partial charge is 0.493 e. The topological polar surface area (TPSA) is 212 Å². The highest BCUT2D eigenvalue weighted by Crippen LogP contribution is 2.47. The zero-order valence-electron chi connectivity index (χ0n) is 29.7. The highest BCUT2D eigenvalue weighted by molar-refractivity contribution is 6.06. The van der Waals surface area contributed by atoms with Crippen LogP contribution in [0.3, 0.4) is 0 Å². The molecule has 3 aromatic rings. The Morgan fingerprint density at radius 1 is 1.10 bits per heavy atom. The van der Waals surface area contributed by atoms with Gasteiger partial charge in [0.05, 0.1) is 24.8 Å². The molecule has 1 aromatic heterocycles. The number of nitrogens with zero attached hydrogens (tertiary/aromatic N) is 4. The predicted molar refractivity (Wildman–Crippen MR) is 188 cm³/mol. The van der Waals surface area contributed by atoms with Gasteiger partial charge in [0.1, 0.15) is 23.4 Å². The van der Waals surface area contributed by atoms with Crippen molar-refractivity contribution in [1.29, 1.82) is 0 Å². The standard InChI is InChI=1S/C36H43N7O9/c1-21-39-26-16-28(50-4)29(15-25(26)33(37)40-21)52-20-36(11-12-36)19-42(2)32(47)6-5-13-38-31(46)18-51-23-7-8-24(22(14-23)17-44)35(49)43(3)27-9-10-30(45)41-34(27)48/h7-8,14-17,27H,5-6,9-13,18-20H2,1-4H3,(H,38,46)(H2,37,39,40)(H,41,45,48). The fourth-order valence-corrected chi connectivity index (χ4v) is 6.06. The summed E-state index contributed by atoms with van der Waals surface area (Å²) in [6.07, 6.45) is 3.24. The minimum Gasteiger partial charge on any atom is -0.493 e. The van der Waals surface area contributed by atoms with Crippen LogP contribution >= 0.6 is 0 Å². The Morgan fingerprint density at radius 2 is 1.87 bits per heavy atom. The Morgan fingerprint density at radius 3 is 2.56 bits per heavy atom. The van der Waals surface area contributed by atoms with Crippen molar-refractivity contribution in [3.8, 4) is 17.2 Å². The average molecular weight is 718 g/mol. The number of aldehydes is 1. The van der Waals surface area contributed by atoms with Crippen molar-refractivity contribution in [1.82, 2.24) is 30.4 Å². The summed E-state index contributed by atoms with van der Waals surface area (Å²) in [6, 6.07) is 6.87. The summed E-state index contributed by atoms with van der Waals surface area (Å²) < 4.78 is 17.2. The molecule has 1 aliphatic heterocycles. The van der Waals surface area contributed by atoms with Gasteiger partial charge in [-0.1, -0.05) is 0 Å². The van der Waals surface area contributed by atoms with E-state index in [1.807, 2.05) is 0 Å². The number of methoxy groups -OCH3 is 1. The summed E-state index contributed by atoms with van der Waals surface area (Å²) in [4.78, 5) is 85.3. The molecule has 1 saturated heterocycles. The highest BCUT2D eigenvalue weighted by Gasteiger charge is 2.45. The minimum atomic E-state index is -0.844. The summed E-state index contributed by atoms with van der Waals surface area (Å²) in [5, 5.41) is 5.60. The van der Waals surface area contributed by atoms with Crippen LogP contribution in [0.5, 0.6) is 17.2 Å². The second kappa shape index (κ2) is 16.0. The predicted octanol–water partition coefficient (Wildman–Crippen LogP) is 1.81. The first-order chi connectivity index (χ1) is 24.8. The molecular weight excluding hydrogens is 674 g/mol. The summed E-state index contributed by atoms with van der Waals surface area (Å²) >= 11 is 0. The van der Waals surface area contributed by atoms with Gasteiger partial charge in [0.2, 0.25) is 17.7 Å². The van der Waals surface area contributed by atoms with Crippen LogP contribution in [-0.2, 0) is 19.2 Å². The molecule has 2 aromatic carbocycles. The van der Waals surface area contributed by atoms with Gasteiger partial charge >= 0.3 is 0 Å². The molecule has 5 rings (SSSR count). The van der Waals surface area contributed by atoms with E-state index in [1.54, 1.807) is 38.1 Å². The highest BCUT2D eigenvalue weighted by atomic mass is 16.5. The number of imide groups is 1. The van der Waals surface area contributed by atoms with Crippen LogP contribution in [0.1, 0.15) is 65.1 Å². The molecule has 0 bridgehead atoms. The van der Waals surface area contributed by atoms with Crippen molar-refractivity contribution in [3.63, 3.8) is 0 Å². The number of nitrogens with two attached hydrogens (primary N) is 1. The molecule has 16 heteroatoms. The first kappa shape index (κ1) is 37.5. The molecule has 276 valence electrons. The first-order valence-corrected chi connectivity index (χ1v) is 16.9. The number of likely N-dealkylation sites (N-methyl/N-ethyl adjacent to an activating group) is 1. The van der Waals surface area contributed by atoms with Gasteiger partial charge in [-0.2, -0.15) is 0 Å². The third-order valence-corrected chi connectivity index (χ3v) is 9.25. The number of carbonyl (C=O) groups excluding carboxylic acids is 6. The fraction of sp³-hybridized carbons (Fsp3) is 0.444. The van der Waals surface area contributed by atoms with Crippen LogP contribution < -0.4 is 30.6 Å². The van der Waals surface area contributed by atoms with Crippen molar-refractivity contribution in [3.05, 3.63) is 47.3 Å². The lowest BCUT2D eigenvalue weighted by atomic mass is 10.0. The Balaban J connectivity index is 1.03. The number of ether oxygens (including phenoxy) is 3. The number of rotatable bonds is 16. The summed E-state index contributed by atoms with van der Waals surface area (Å²) in [5.41, 5.74) is 6.67. The smallest absolute Gasteiger partial charge is 0.257 e. The zero-order valence-corrected chi connectivity index (χ0v) is 29.7. The lowest BCUT2D eigenvalue weighted by Crippen LogP contribution is -2.53. The Bertz CT molecular complexity index is 1900. The molecule has 1 saturated carbocycles. The van der Waals surface area contributed by atoms with Gasteiger partial charge in [-0.25, -0.2) is 9.97 Å². The Hall–Kier alpha value is -5.80. The number of hydrogen-bond donors (Lipinski definition) is 3. The summed E-state index contributed by atoms with van der Waals surface area (Å²) in [7, 11) is 4.74. The molecule has 2 fully saturated rings. The van der Waals surface area contributed by atoms with Crippen LogP contribution in [0.25, 0.3) is 10.9 Å². The lowest BCUT2D eigenvalue weighted by molar-refractivity contribution is -0.136. The van der Waals surface area contributed by atoms with Gasteiger partial charge in [-0.15, -0.1) is 0 Å². The molecule has 4 N–H and O–H groups in total. The number of piperidine rings is 1. The summed E-state index contributed by atoms with van der Waals surface area (Å²) in [5.74, 6) is 0.148. The molecule has 5 amide bonds. The van der Waals surface area contributed by atoms with Crippen molar-refractivity contribution in [2.24, 2.45) is 5.41 Å². The number of nitrogens with one attached hydrogen (secondary N) is 2. The van der Waals surface area contributed by atoms with Gasteiger partial charge in [-0.05, 0) is 56.9 Å². The molecule has 1 atom stereocenters. The first-order valence-electron chi connectivity index (χ1n) is 16.9. The van der Waals surface area contributed by atoms with Crippen molar-refractivity contribution in [2.45, 2.75) is 51.5 Å². The molecule has 16 nitrogen and oxygen atoms in total. The van der Waals surface area contributed by atoms with Gasteiger partial charge in [-0.3, -0.25) is 34.1 Å². The SMILES string of the molecule is COc1cc2nc(C)nc(N)c2cc1OCC1(CN(C)C(=O)CCCNC(=O)COc2ccc(C(=O)N(C)C3CCC(=O)NC3=O)c(C=O)c2)CC1. The average Bonchev–Trinajstić information content (AvgIpc) is 3.89. The number of carbonyl (C=O) groups is 6. The van der Waals surface area contributed by atoms with Crippen LogP contribution in [0, 0.1) is 12.3 Å². The van der Waals surface area contributed by atoms with Crippen LogP contribution in [0.2, 0.25) is 0 Å². The maximum absolute atomic E-state index is 13.0. The number of amides is 5. The monoisotopic (exact) mass is 717 g/mol. The molecule has 2 aliphatic rings. The molecule has 52 heavy (non-hydrogen) atoms. The number of aromatic nitrogens is 2. The number of benzene rings is 2. The Kier molecular flexibility index (Phi) is 11.6. The van der Waals surface area contributed by atoms with Crippen LogP contribution in [-0.4, -0.2) is 109 Å². The zero-order chi connectivity index (χ0) is 37.6. The second-order valence-corrected chi connectivity index (χ2v) is 13.2. The molecule has 1 aliphatic carbocycles. The molecule has 0 radical (unpaired) electrons. The minimum absolute atomic E-state index is 0.0213. The maximum Gasteiger partial charge on any atom is 0.257 e. The molecule has 2 heterocycles. The van der Waals surface area contributed by atoms with E-state index in [2.05, 4.69) is 20.6 Å². The van der Waals surface area contributed by atoms with Crippen molar-refractivity contribution < 1.29 is 43.0 Å². The van der Waals surface area contributed by atoms with E-state index in [1.165, 1.54) is 30.1 Å². The van der Waals surface area contributed by atoms with E-state index in [9.17, 15) is 28.8 Å². The number of hydrogen-bond acceptors (Lipinski definition) is 12.